The van der Waals surface area contributed by atoms with Crippen LogP contribution in [0.3, 0.4) is 0 Å². The van der Waals surface area contributed by atoms with E-state index in [0.29, 0.717) is 21.5 Å². The molecule has 0 aliphatic carbocycles. The van der Waals surface area contributed by atoms with E-state index < -0.39 is 0 Å². The van der Waals surface area contributed by atoms with Gasteiger partial charge >= 0.3 is 0 Å². The number of pyridine rings is 1. The van der Waals surface area contributed by atoms with Crippen molar-refractivity contribution in [2.45, 2.75) is 0 Å². The molecule has 0 unspecified atom stereocenters. The Balaban J connectivity index is 2.05. The van der Waals surface area contributed by atoms with Crippen LogP contribution in [0.4, 0.5) is 5.13 Å². The molecule has 0 saturated heterocycles. The van der Waals surface area contributed by atoms with Crippen LogP contribution in [0.15, 0.2) is 36.8 Å². The largest absolute Gasteiger partial charge is 0.374 e. The maximum Gasteiger partial charge on any atom is 0.203 e. The SMILES string of the molecule is Nc1nnc(-c2cncc(-c3ccccn3)n2)s1. The summed E-state index contributed by atoms with van der Waals surface area (Å²) in [7, 11) is 0. The number of nitrogens with zero attached hydrogens (tertiary/aromatic N) is 5. The first-order valence-electron chi connectivity index (χ1n) is 5.16. The molecular formula is C11H8N6S. The fourth-order valence-corrected chi connectivity index (χ4v) is 2.01. The summed E-state index contributed by atoms with van der Waals surface area (Å²) in [6.45, 7) is 0. The minimum Gasteiger partial charge on any atom is -0.374 e. The van der Waals surface area contributed by atoms with Crippen LogP contribution in [0.5, 0.6) is 0 Å². The number of nitrogen functional groups attached to an aromatic ring is 1. The number of hydrogen-bond acceptors (Lipinski definition) is 7. The van der Waals surface area contributed by atoms with Gasteiger partial charge in [-0.2, -0.15) is 0 Å². The Morgan fingerprint density at radius 2 is 1.89 bits per heavy atom. The quantitative estimate of drug-likeness (QED) is 0.749. The predicted octanol–water partition coefficient (Wildman–Crippen LogP) is 1.64. The smallest absolute Gasteiger partial charge is 0.203 e. The standard InChI is InChI=1S/C11H8N6S/c12-11-17-16-10(18-11)9-6-13-5-8(15-9)7-3-1-2-4-14-7/h1-6H,(H2,12,17). The van der Waals surface area contributed by atoms with Crippen molar-refractivity contribution >= 4 is 16.5 Å². The van der Waals surface area contributed by atoms with E-state index in [-0.39, 0.29) is 0 Å². The second-order valence-electron chi connectivity index (χ2n) is 3.45. The first-order chi connectivity index (χ1) is 8.83. The minimum absolute atomic E-state index is 0.412. The van der Waals surface area contributed by atoms with Crippen molar-refractivity contribution < 1.29 is 0 Å². The molecule has 0 aromatic carbocycles. The molecule has 0 aliphatic rings. The molecule has 88 valence electrons. The molecule has 3 aromatic rings. The highest BCUT2D eigenvalue weighted by atomic mass is 32.1. The lowest BCUT2D eigenvalue weighted by atomic mass is 10.3. The Labute approximate surface area is 107 Å². The lowest BCUT2D eigenvalue weighted by Gasteiger charge is -2.00. The Hall–Kier alpha value is -2.41. The van der Waals surface area contributed by atoms with Crippen molar-refractivity contribution in [1.82, 2.24) is 25.1 Å². The number of rotatable bonds is 2. The topological polar surface area (TPSA) is 90.5 Å². The van der Waals surface area contributed by atoms with Crippen molar-refractivity contribution in [3.63, 3.8) is 0 Å². The fourth-order valence-electron chi connectivity index (χ4n) is 1.44. The molecule has 18 heavy (non-hydrogen) atoms. The highest BCUT2D eigenvalue weighted by Crippen LogP contribution is 2.23. The molecular weight excluding hydrogens is 248 g/mol. The summed E-state index contributed by atoms with van der Waals surface area (Å²) in [5, 5.41) is 8.76. The lowest BCUT2D eigenvalue weighted by Crippen LogP contribution is -1.91. The Morgan fingerprint density at radius 3 is 2.61 bits per heavy atom. The first-order valence-corrected chi connectivity index (χ1v) is 5.97. The number of nitrogens with two attached hydrogens (primary N) is 1. The molecule has 0 saturated carbocycles. The van der Waals surface area contributed by atoms with Gasteiger partial charge < -0.3 is 5.73 Å². The van der Waals surface area contributed by atoms with Gasteiger partial charge in [-0.05, 0) is 12.1 Å². The summed E-state index contributed by atoms with van der Waals surface area (Å²) in [5.74, 6) is 0. The van der Waals surface area contributed by atoms with Crippen LogP contribution in [0.2, 0.25) is 0 Å². The van der Waals surface area contributed by atoms with E-state index in [4.69, 9.17) is 5.73 Å². The summed E-state index contributed by atoms with van der Waals surface area (Å²) in [4.78, 5) is 12.8. The maximum atomic E-state index is 5.55. The molecule has 0 atom stereocenters. The monoisotopic (exact) mass is 256 g/mol. The third-order valence-electron chi connectivity index (χ3n) is 2.22. The van der Waals surface area contributed by atoms with E-state index in [0.717, 1.165) is 5.69 Å². The third-order valence-corrected chi connectivity index (χ3v) is 3.00. The van der Waals surface area contributed by atoms with Gasteiger partial charge in [-0.1, -0.05) is 17.4 Å². The van der Waals surface area contributed by atoms with E-state index in [1.54, 1.807) is 18.6 Å². The molecule has 3 aromatic heterocycles. The van der Waals surface area contributed by atoms with Crippen LogP contribution in [0.1, 0.15) is 0 Å². The van der Waals surface area contributed by atoms with Crippen LogP contribution < -0.4 is 5.73 Å². The van der Waals surface area contributed by atoms with Crippen molar-refractivity contribution in [2.24, 2.45) is 0 Å². The van der Waals surface area contributed by atoms with Gasteiger partial charge in [0.1, 0.15) is 11.4 Å². The van der Waals surface area contributed by atoms with Gasteiger partial charge in [0.05, 0.1) is 18.1 Å². The Kier molecular flexibility index (Phi) is 2.66. The van der Waals surface area contributed by atoms with E-state index >= 15 is 0 Å². The van der Waals surface area contributed by atoms with Gasteiger partial charge in [0.2, 0.25) is 5.13 Å². The molecule has 6 nitrogen and oxygen atoms in total. The van der Waals surface area contributed by atoms with Gasteiger partial charge in [-0.15, -0.1) is 10.2 Å². The van der Waals surface area contributed by atoms with Crippen LogP contribution in [0, 0.1) is 0 Å². The van der Waals surface area contributed by atoms with Crippen molar-refractivity contribution in [1.29, 1.82) is 0 Å². The van der Waals surface area contributed by atoms with E-state index in [9.17, 15) is 0 Å². The van der Waals surface area contributed by atoms with E-state index in [2.05, 4.69) is 25.1 Å². The van der Waals surface area contributed by atoms with E-state index in [1.807, 2.05) is 18.2 Å². The predicted molar refractivity (Wildman–Crippen MR) is 68.6 cm³/mol. The fraction of sp³-hybridized carbons (Fsp3) is 0. The van der Waals surface area contributed by atoms with Crippen LogP contribution in [-0.4, -0.2) is 25.1 Å². The number of aromatic nitrogens is 5. The average molecular weight is 256 g/mol. The highest BCUT2D eigenvalue weighted by molar-refractivity contribution is 7.18. The normalized spacial score (nSPS) is 10.4. The summed E-state index contributed by atoms with van der Waals surface area (Å²) < 4.78 is 0. The summed E-state index contributed by atoms with van der Waals surface area (Å²) >= 11 is 1.28. The molecule has 0 amide bonds. The third kappa shape index (κ3) is 2.03. The molecule has 3 rings (SSSR count). The zero-order chi connectivity index (χ0) is 12.4. The number of hydrogen-bond donors (Lipinski definition) is 1. The van der Waals surface area contributed by atoms with Crippen molar-refractivity contribution in [3.8, 4) is 22.1 Å². The molecule has 3 heterocycles. The zero-order valence-electron chi connectivity index (χ0n) is 9.19. The maximum absolute atomic E-state index is 5.55. The average Bonchev–Trinajstić information content (AvgIpc) is 2.87. The molecule has 2 N–H and O–H groups in total. The van der Waals surface area contributed by atoms with Gasteiger partial charge in [-0.25, -0.2) is 4.98 Å². The van der Waals surface area contributed by atoms with Crippen molar-refractivity contribution in [2.75, 3.05) is 5.73 Å². The van der Waals surface area contributed by atoms with Gasteiger partial charge in [0.25, 0.3) is 0 Å². The summed E-state index contributed by atoms with van der Waals surface area (Å²) in [5.41, 5.74) is 7.66. The van der Waals surface area contributed by atoms with Gasteiger partial charge in [-0.3, -0.25) is 9.97 Å². The van der Waals surface area contributed by atoms with Crippen LogP contribution in [-0.2, 0) is 0 Å². The second-order valence-corrected chi connectivity index (χ2v) is 4.46. The highest BCUT2D eigenvalue weighted by Gasteiger charge is 2.08. The molecule has 0 radical (unpaired) electrons. The van der Waals surface area contributed by atoms with Crippen LogP contribution >= 0.6 is 11.3 Å². The molecule has 0 bridgehead atoms. The lowest BCUT2D eigenvalue weighted by molar-refractivity contribution is 1.08. The van der Waals surface area contributed by atoms with Crippen LogP contribution in [0.25, 0.3) is 22.1 Å². The molecule has 7 heteroatoms. The molecule has 0 spiro atoms. The minimum atomic E-state index is 0.412. The summed E-state index contributed by atoms with van der Waals surface area (Å²) in [6.07, 6.45) is 5.01. The van der Waals surface area contributed by atoms with Gasteiger partial charge in [0, 0.05) is 6.20 Å². The Bertz CT molecular complexity index is 666. The number of anilines is 1. The first kappa shape index (κ1) is 10.7. The molecule has 0 aliphatic heterocycles. The van der Waals surface area contributed by atoms with Gasteiger partial charge in [0.15, 0.2) is 5.01 Å². The van der Waals surface area contributed by atoms with E-state index in [1.165, 1.54) is 11.3 Å². The second kappa shape index (κ2) is 4.46. The zero-order valence-corrected chi connectivity index (χ0v) is 10.0. The Morgan fingerprint density at radius 1 is 1.00 bits per heavy atom. The van der Waals surface area contributed by atoms with Crippen molar-refractivity contribution in [3.05, 3.63) is 36.8 Å². The summed E-state index contributed by atoms with van der Waals surface area (Å²) in [6, 6.07) is 5.63. The molecule has 0 fully saturated rings.